The Kier molecular flexibility index (Phi) is 2.37. The van der Waals surface area contributed by atoms with E-state index < -0.39 is 0 Å². The summed E-state index contributed by atoms with van der Waals surface area (Å²) in [6, 6.07) is 0.363. The maximum absolute atomic E-state index is 10.7. The summed E-state index contributed by atoms with van der Waals surface area (Å²) in [5, 5.41) is 2.77. The van der Waals surface area contributed by atoms with Crippen LogP contribution in [0.2, 0.25) is 0 Å². The first kappa shape index (κ1) is 8.37. The van der Waals surface area contributed by atoms with Crippen molar-refractivity contribution in [1.82, 2.24) is 5.32 Å². The molecule has 1 fully saturated rings. The topological polar surface area (TPSA) is 38.3 Å². The molecule has 0 bridgehead atoms. The second-order valence-corrected chi connectivity index (χ2v) is 3.39. The van der Waals surface area contributed by atoms with Gasteiger partial charge in [0.25, 0.3) is 0 Å². The van der Waals surface area contributed by atoms with Crippen LogP contribution in [-0.2, 0) is 4.74 Å². The Hall–Kier alpha value is -0.730. The zero-order valence-electron chi connectivity index (χ0n) is 7.26. The Balaban J connectivity index is 2.18. The van der Waals surface area contributed by atoms with Crippen LogP contribution in [0, 0.1) is 11.8 Å². The number of ether oxygens (including phenoxy) is 1. The molecule has 11 heavy (non-hydrogen) atoms. The van der Waals surface area contributed by atoms with Gasteiger partial charge in [-0.05, 0) is 18.3 Å². The maximum Gasteiger partial charge on any atom is 0.407 e. The minimum atomic E-state index is -0.307. The van der Waals surface area contributed by atoms with Crippen LogP contribution in [0.5, 0.6) is 0 Å². The maximum atomic E-state index is 10.7. The summed E-state index contributed by atoms with van der Waals surface area (Å²) in [5.41, 5.74) is 0. The number of alkyl carbamates (subject to hydrolysis) is 1. The highest BCUT2D eigenvalue weighted by atomic mass is 16.5. The third kappa shape index (κ3) is 2.10. The van der Waals surface area contributed by atoms with E-state index in [2.05, 4.69) is 23.9 Å². The average Bonchev–Trinajstić information content (AvgIpc) is 2.67. The predicted molar refractivity (Wildman–Crippen MR) is 42.3 cm³/mol. The number of amides is 1. The Morgan fingerprint density at radius 3 is 2.64 bits per heavy atom. The Labute approximate surface area is 67.1 Å². The van der Waals surface area contributed by atoms with Gasteiger partial charge in [-0.15, -0.1) is 0 Å². The molecule has 1 aliphatic carbocycles. The first-order valence-electron chi connectivity index (χ1n) is 3.99. The lowest BCUT2D eigenvalue weighted by Gasteiger charge is -2.04. The lowest BCUT2D eigenvalue weighted by atomic mass is 10.1. The zero-order chi connectivity index (χ0) is 8.43. The van der Waals surface area contributed by atoms with Crippen LogP contribution in [0.15, 0.2) is 0 Å². The molecule has 1 amide bonds. The van der Waals surface area contributed by atoms with E-state index in [1.165, 1.54) is 7.11 Å². The quantitative estimate of drug-likeness (QED) is 0.657. The van der Waals surface area contributed by atoms with E-state index >= 15 is 0 Å². The van der Waals surface area contributed by atoms with Gasteiger partial charge in [0.2, 0.25) is 0 Å². The van der Waals surface area contributed by atoms with Crippen LogP contribution in [0.25, 0.3) is 0 Å². The monoisotopic (exact) mass is 157 g/mol. The zero-order valence-corrected chi connectivity index (χ0v) is 7.26. The second-order valence-electron chi connectivity index (χ2n) is 3.39. The largest absolute Gasteiger partial charge is 0.453 e. The van der Waals surface area contributed by atoms with Gasteiger partial charge < -0.3 is 10.1 Å². The lowest BCUT2D eigenvalue weighted by Crippen LogP contribution is -2.27. The fourth-order valence-electron chi connectivity index (χ4n) is 1.33. The summed E-state index contributed by atoms with van der Waals surface area (Å²) in [7, 11) is 1.39. The molecule has 0 spiro atoms. The second kappa shape index (κ2) is 3.11. The molecule has 1 saturated carbocycles. The molecule has 64 valence electrons. The van der Waals surface area contributed by atoms with Crippen molar-refractivity contribution in [2.75, 3.05) is 7.11 Å². The van der Waals surface area contributed by atoms with Crippen molar-refractivity contribution in [2.24, 2.45) is 11.8 Å². The first-order valence-corrected chi connectivity index (χ1v) is 3.99. The molecule has 3 heteroatoms. The van der Waals surface area contributed by atoms with Gasteiger partial charge in [0.05, 0.1) is 7.11 Å². The van der Waals surface area contributed by atoms with Crippen LogP contribution < -0.4 is 5.32 Å². The van der Waals surface area contributed by atoms with Gasteiger partial charge >= 0.3 is 6.09 Å². The van der Waals surface area contributed by atoms with Gasteiger partial charge in [0.1, 0.15) is 0 Å². The van der Waals surface area contributed by atoms with Crippen LogP contribution in [0.3, 0.4) is 0 Å². The van der Waals surface area contributed by atoms with Crippen LogP contribution in [-0.4, -0.2) is 19.2 Å². The summed E-state index contributed by atoms with van der Waals surface area (Å²) >= 11 is 0. The van der Waals surface area contributed by atoms with Crippen molar-refractivity contribution in [3.8, 4) is 0 Å². The molecule has 0 aromatic heterocycles. The van der Waals surface area contributed by atoms with Crippen LogP contribution >= 0.6 is 0 Å². The molecular weight excluding hydrogens is 142 g/mol. The van der Waals surface area contributed by atoms with E-state index in [1.807, 2.05) is 0 Å². The summed E-state index contributed by atoms with van der Waals surface area (Å²) < 4.78 is 4.48. The highest BCUT2D eigenvalue weighted by Gasteiger charge is 2.40. The summed E-state index contributed by atoms with van der Waals surface area (Å²) in [6.07, 6.45) is 0.797. The molecule has 0 aromatic rings. The highest BCUT2D eigenvalue weighted by molar-refractivity contribution is 5.67. The number of nitrogens with one attached hydrogen (secondary N) is 1. The van der Waals surface area contributed by atoms with Gasteiger partial charge in [-0.25, -0.2) is 4.79 Å². The van der Waals surface area contributed by atoms with E-state index in [4.69, 9.17) is 0 Å². The number of rotatable bonds is 2. The highest BCUT2D eigenvalue weighted by Crippen LogP contribution is 2.36. The molecule has 1 N–H and O–H groups in total. The Bertz CT molecular complexity index is 156. The van der Waals surface area contributed by atoms with Crippen LogP contribution in [0.1, 0.15) is 20.3 Å². The third-order valence-electron chi connectivity index (χ3n) is 2.18. The Morgan fingerprint density at radius 1 is 1.64 bits per heavy atom. The van der Waals surface area contributed by atoms with Crippen molar-refractivity contribution < 1.29 is 9.53 Å². The number of hydrogen-bond donors (Lipinski definition) is 1. The lowest BCUT2D eigenvalue weighted by molar-refractivity contribution is 0.169. The molecule has 0 aromatic carbocycles. The molecule has 1 rings (SSSR count). The molecule has 0 radical (unpaired) electrons. The number of methoxy groups -OCH3 is 1. The Morgan fingerprint density at radius 2 is 2.27 bits per heavy atom. The van der Waals surface area contributed by atoms with Crippen LogP contribution in [0.4, 0.5) is 4.79 Å². The van der Waals surface area contributed by atoms with Crippen molar-refractivity contribution >= 4 is 6.09 Å². The first-order chi connectivity index (χ1) is 5.15. The third-order valence-corrected chi connectivity index (χ3v) is 2.18. The number of hydrogen-bond acceptors (Lipinski definition) is 2. The fraction of sp³-hybridized carbons (Fsp3) is 0.875. The molecular formula is C8H15NO2. The summed E-state index contributed by atoms with van der Waals surface area (Å²) in [5.74, 6) is 1.33. The van der Waals surface area contributed by atoms with E-state index in [1.54, 1.807) is 0 Å². The van der Waals surface area contributed by atoms with Crippen molar-refractivity contribution in [3.63, 3.8) is 0 Å². The number of carbonyl (C=O) groups is 1. The minimum absolute atomic E-state index is 0.307. The molecule has 0 heterocycles. The predicted octanol–water partition coefficient (Wildman–Crippen LogP) is 1.39. The molecule has 0 aliphatic heterocycles. The van der Waals surface area contributed by atoms with Gasteiger partial charge in [0, 0.05) is 6.04 Å². The molecule has 1 aliphatic rings. The van der Waals surface area contributed by atoms with Gasteiger partial charge in [-0.3, -0.25) is 0 Å². The van der Waals surface area contributed by atoms with Gasteiger partial charge in [-0.1, -0.05) is 13.8 Å². The van der Waals surface area contributed by atoms with E-state index in [0.717, 1.165) is 6.42 Å². The SMILES string of the molecule is COC(=O)N[C@H]1CC1C(C)C. The summed E-state index contributed by atoms with van der Waals surface area (Å²) in [6.45, 7) is 4.34. The summed E-state index contributed by atoms with van der Waals surface area (Å²) in [4.78, 5) is 10.7. The molecule has 0 saturated heterocycles. The van der Waals surface area contributed by atoms with Crippen molar-refractivity contribution in [3.05, 3.63) is 0 Å². The standard InChI is InChI=1S/C8H15NO2/c1-5(2)6-4-7(6)9-8(10)11-3/h5-7H,4H2,1-3H3,(H,9,10)/t6?,7-/m0/s1. The fourth-order valence-corrected chi connectivity index (χ4v) is 1.33. The van der Waals surface area contributed by atoms with E-state index in [-0.39, 0.29) is 6.09 Å². The van der Waals surface area contributed by atoms with Crippen molar-refractivity contribution in [1.29, 1.82) is 0 Å². The normalized spacial score (nSPS) is 28.4. The number of carbonyl (C=O) groups excluding carboxylic acids is 1. The molecule has 1 unspecified atom stereocenters. The van der Waals surface area contributed by atoms with Crippen molar-refractivity contribution in [2.45, 2.75) is 26.3 Å². The molecule has 3 nitrogen and oxygen atoms in total. The smallest absolute Gasteiger partial charge is 0.407 e. The molecule has 2 atom stereocenters. The van der Waals surface area contributed by atoms with Gasteiger partial charge in [0.15, 0.2) is 0 Å². The minimum Gasteiger partial charge on any atom is -0.453 e. The van der Waals surface area contributed by atoms with E-state index in [0.29, 0.717) is 17.9 Å². The van der Waals surface area contributed by atoms with Gasteiger partial charge in [-0.2, -0.15) is 0 Å². The van der Waals surface area contributed by atoms with E-state index in [9.17, 15) is 4.79 Å². The average molecular weight is 157 g/mol.